The van der Waals surface area contributed by atoms with Crippen molar-refractivity contribution in [3.05, 3.63) is 24.3 Å². The average Bonchev–Trinajstić information content (AvgIpc) is 2.25. The van der Waals surface area contributed by atoms with Gasteiger partial charge < -0.3 is 5.73 Å². The number of sulfonamides is 1. The highest BCUT2D eigenvalue weighted by Gasteiger charge is 2.35. The van der Waals surface area contributed by atoms with Gasteiger partial charge >= 0.3 is 0 Å². The number of benzene rings is 1. The maximum absolute atomic E-state index is 12.2. The summed E-state index contributed by atoms with van der Waals surface area (Å²) in [5, 5.41) is 0. The summed E-state index contributed by atoms with van der Waals surface area (Å²) in [6, 6.07) is 5.31. The standard InChI is InChI=1S/C9H9Cl3N2O3S2/c1-6(15)14(18-9(10,11)12)19(16,17)8-4-2-7(13)3-5-8/h2-5H,13H2,1H3. The molecule has 1 aromatic carbocycles. The summed E-state index contributed by atoms with van der Waals surface area (Å²) < 4.78 is 22.9. The van der Waals surface area contributed by atoms with Crippen molar-refractivity contribution in [2.24, 2.45) is 0 Å². The molecule has 0 saturated heterocycles. The lowest BCUT2D eigenvalue weighted by atomic mass is 10.3. The summed E-state index contributed by atoms with van der Waals surface area (Å²) >= 11 is 16.8. The van der Waals surface area contributed by atoms with Crippen LogP contribution in [0.1, 0.15) is 6.92 Å². The summed E-state index contributed by atoms with van der Waals surface area (Å²) in [5.74, 6) is -0.784. The highest BCUT2D eigenvalue weighted by atomic mass is 35.6. The summed E-state index contributed by atoms with van der Waals surface area (Å²) in [6.07, 6.45) is 0. The second kappa shape index (κ2) is 5.97. The average molecular weight is 364 g/mol. The second-order valence-electron chi connectivity index (χ2n) is 3.36. The SMILES string of the molecule is CC(=O)N(SC(Cl)(Cl)Cl)S(=O)(=O)c1ccc(N)cc1. The van der Waals surface area contributed by atoms with Gasteiger partial charge in [-0.15, -0.1) is 0 Å². The van der Waals surface area contributed by atoms with E-state index in [1.54, 1.807) is 0 Å². The molecule has 0 heterocycles. The van der Waals surface area contributed by atoms with Gasteiger partial charge in [0.25, 0.3) is 13.1 Å². The fraction of sp³-hybridized carbons (Fsp3) is 0.222. The Morgan fingerprint density at radius 2 is 1.74 bits per heavy atom. The maximum Gasteiger partial charge on any atom is 0.276 e. The molecule has 0 aliphatic carbocycles. The molecule has 2 N–H and O–H groups in total. The quantitative estimate of drug-likeness (QED) is 0.507. The van der Waals surface area contributed by atoms with E-state index >= 15 is 0 Å². The van der Waals surface area contributed by atoms with Crippen LogP contribution in [0.4, 0.5) is 5.69 Å². The first kappa shape index (κ1) is 16.7. The fourth-order valence-corrected chi connectivity index (χ4v) is 4.41. The van der Waals surface area contributed by atoms with Crippen LogP contribution in [0.25, 0.3) is 0 Å². The molecule has 10 heteroatoms. The third kappa shape index (κ3) is 4.61. The van der Waals surface area contributed by atoms with E-state index in [1.807, 2.05) is 0 Å². The normalized spacial score (nSPS) is 12.2. The van der Waals surface area contributed by atoms with E-state index in [-0.39, 0.29) is 16.8 Å². The largest absolute Gasteiger partial charge is 0.399 e. The van der Waals surface area contributed by atoms with Crippen LogP contribution < -0.4 is 5.73 Å². The van der Waals surface area contributed by atoms with Crippen LogP contribution >= 0.6 is 46.8 Å². The van der Waals surface area contributed by atoms with Crippen molar-refractivity contribution in [2.75, 3.05) is 5.73 Å². The number of amides is 1. The van der Waals surface area contributed by atoms with E-state index in [1.165, 1.54) is 24.3 Å². The summed E-state index contributed by atoms with van der Waals surface area (Å²) in [7, 11) is -4.11. The van der Waals surface area contributed by atoms with Crippen molar-refractivity contribution < 1.29 is 13.2 Å². The number of halogens is 3. The van der Waals surface area contributed by atoms with Gasteiger partial charge in [0.05, 0.1) is 4.90 Å². The molecule has 0 spiro atoms. The molecule has 0 bridgehead atoms. The fourth-order valence-electron chi connectivity index (χ4n) is 1.11. The smallest absolute Gasteiger partial charge is 0.276 e. The van der Waals surface area contributed by atoms with Gasteiger partial charge in [0.2, 0.25) is 5.91 Å². The zero-order valence-electron chi connectivity index (χ0n) is 9.51. The van der Waals surface area contributed by atoms with Crippen LogP contribution in [0.2, 0.25) is 0 Å². The molecule has 1 aromatic rings. The molecule has 0 atom stereocenters. The van der Waals surface area contributed by atoms with Crippen LogP contribution in [0.5, 0.6) is 0 Å². The molecule has 5 nitrogen and oxygen atoms in total. The minimum atomic E-state index is -4.11. The van der Waals surface area contributed by atoms with Crippen molar-refractivity contribution in [1.29, 1.82) is 0 Å². The number of nitrogen functional groups attached to an aromatic ring is 1. The van der Waals surface area contributed by atoms with Crippen LogP contribution in [-0.2, 0) is 14.8 Å². The Morgan fingerprint density at radius 1 is 1.26 bits per heavy atom. The lowest BCUT2D eigenvalue weighted by Gasteiger charge is -2.22. The molecular weight excluding hydrogens is 355 g/mol. The molecular formula is C9H9Cl3N2O3S2. The monoisotopic (exact) mass is 362 g/mol. The molecule has 0 fully saturated rings. The third-order valence-corrected chi connectivity index (χ3v) is 5.46. The Kier molecular flexibility index (Phi) is 5.25. The number of hydrogen-bond acceptors (Lipinski definition) is 5. The van der Waals surface area contributed by atoms with E-state index in [0.29, 0.717) is 9.40 Å². The minimum absolute atomic E-state index is 0.126. The zero-order chi connectivity index (χ0) is 14.8. The van der Waals surface area contributed by atoms with Gasteiger partial charge in [-0.3, -0.25) is 4.79 Å². The topological polar surface area (TPSA) is 80.5 Å². The van der Waals surface area contributed by atoms with E-state index in [2.05, 4.69) is 0 Å². The van der Waals surface area contributed by atoms with Gasteiger partial charge in [-0.1, -0.05) is 34.8 Å². The number of carbonyl (C=O) groups excluding carboxylic acids is 1. The first-order chi connectivity index (χ1) is 8.54. The number of alkyl halides is 3. The van der Waals surface area contributed by atoms with Crippen molar-refractivity contribution in [3.63, 3.8) is 0 Å². The Labute approximate surface area is 130 Å². The van der Waals surface area contributed by atoms with E-state index in [0.717, 1.165) is 6.92 Å². The van der Waals surface area contributed by atoms with Crippen LogP contribution in [0, 0.1) is 0 Å². The van der Waals surface area contributed by atoms with E-state index in [9.17, 15) is 13.2 Å². The predicted octanol–water partition coefficient (Wildman–Crippen LogP) is 2.78. The van der Waals surface area contributed by atoms with Crippen molar-refractivity contribution in [3.8, 4) is 0 Å². The van der Waals surface area contributed by atoms with E-state index < -0.39 is 19.1 Å². The van der Waals surface area contributed by atoms with Crippen LogP contribution in [0.3, 0.4) is 0 Å². The molecule has 0 aromatic heterocycles. The van der Waals surface area contributed by atoms with Gasteiger partial charge in [0, 0.05) is 24.6 Å². The first-order valence-corrected chi connectivity index (χ1v) is 8.06. The van der Waals surface area contributed by atoms with Gasteiger partial charge in [0.15, 0.2) is 0 Å². The molecule has 1 amide bonds. The van der Waals surface area contributed by atoms with Gasteiger partial charge in [-0.2, -0.15) is 3.71 Å². The molecule has 0 unspecified atom stereocenters. The van der Waals surface area contributed by atoms with Crippen molar-refractivity contribution >= 4 is 68.4 Å². The number of anilines is 1. The number of hydrogen-bond donors (Lipinski definition) is 1. The van der Waals surface area contributed by atoms with Crippen molar-refractivity contribution in [2.45, 2.75) is 14.9 Å². The minimum Gasteiger partial charge on any atom is -0.399 e. The molecule has 0 saturated carbocycles. The third-order valence-electron chi connectivity index (χ3n) is 1.84. The molecule has 19 heavy (non-hydrogen) atoms. The highest BCUT2D eigenvalue weighted by molar-refractivity contribution is 8.12. The van der Waals surface area contributed by atoms with Crippen LogP contribution in [0.15, 0.2) is 29.2 Å². The molecule has 0 aliphatic heterocycles. The summed E-state index contributed by atoms with van der Waals surface area (Å²) in [6.45, 7) is 1.05. The predicted molar refractivity (Wildman–Crippen MR) is 78.4 cm³/mol. The lowest BCUT2D eigenvalue weighted by molar-refractivity contribution is -0.120. The summed E-state index contributed by atoms with van der Waals surface area (Å²) in [5.41, 5.74) is 5.85. The molecule has 1 rings (SSSR count). The molecule has 0 aliphatic rings. The Morgan fingerprint density at radius 3 is 2.11 bits per heavy atom. The molecule has 0 radical (unpaired) electrons. The lowest BCUT2D eigenvalue weighted by Crippen LogP contribution is -2.31. The van der Waals surface area contributed by atoms with Crippen LogP contribution in [-0.4, -0.2) is 21.2 Å². The number of carbonyl (C=O) groups is 1. The zero-order valence-corrected chi connectivity index (χ0v) is 13.4. The molecule has 106 valence electrons. The Bertz CT molecular complexity index is 569. The van der Waals surface area contributed by atoms with Crippen molar-refractivity contribution in [1.82, 2.24) is 3.71 Å². The van der Waals surface area contributed by atoms with E-state index in [4.69, 9.17) is 40.5 Å². The number of nitrogens with two attached hydrogens (primary N) is 1. The first-order valence-electron chi connectivity index (χ1n) is 4.71. The second-order valence-corrected chi connectivity index (χ2v) is 9.49. The number of nitrogens with zero attached hydrogens (tertiary/aromatic N) is 1. The van der Waals surface area contributed by atoms with Gasteiger partial charge in [-0.25, -0.2) is 8.42 Å². The van der Waals surface area contributed by atoms with Gasteiger partial charge in [-0.05, 0) is 24.3 Å². The maximum atomic E-state index is 12.2. The summed E-state index contributed by atoms with van der Waals surface area (Å²) in [4.78, 5) is 11.3. The highest BCUT2D eigenvalue weighted by Crippen LogP contribution is 2.43. The Hall–Kier alpha value is -0.340. The Balaban J connectivity index is 3.21. The van der Waals surface area contributed by atoms with Gasteiger partial charge in [0.1, 0.15) is 0 Å². The number of rotatable bonds is 3.